The van der Waals surface area contributed by atoms with Gasteiger partial charge in [-0.05, 0) is 6.42 Å². The molecule has 15 heavy (non-hydrogen) atoms. The molecule has 1 rings (SSSR count). The maximum atomic E-state index is 12.4. The monoisotopic (exact) mass is 262 g/mol. The molecule has 0 aromatic carbocycles. The van der Waals surface area contributed by atoms with E-state index in [-0.39, 0.29) is 19.1 Å². The van der Waals surface area contributed by atoms with E-state index in [1.165, 1.54) is 0 Å². The van der Waals surface area contributed by atoms with Gasteiger partial charge >= 0.3 is 6.18 Å². The van der Waals surface area contributed by atoms with Crippen LogP contribution in [-0.2, 0) is 0 Å². The highest BCUT2D eigenvalue weighted by Gasteiger charge is 2.44. The molecule has 1 aliphatic heterocycles. The van der Waals surface area contributed by atoms with Gasteiger partial charge in [0.25, 0.3) is 0 Å². The van der Waals surface area contributed by atoms with Crippen LogP contribution in [0.15, 0.2) is 0 Å². The van der Waals surface area contributed by atoms with Crippen LogP contribution >= 0.6 is 24.2 Å². The van der Waals surface area contributed by atoms with E-state index in [2.05, 4.69) is 23.3 Å². The molecule has 0 aliphatic carbocycles. The van der Waals surface area contributed by atoms with Gasteiger partial charge < -0.3 is 5.32 Å². The third-order valence-corrected chi connectivity index (χ3v) is 3.05. The summed E-state index contributed by atoms with van der Waals surface area (Å²) in [5.41, 5.74) is 0. The molecule has 3 unspecified atom stereocenters. The molecule has 1 saturated heterocycles. The molecule has 1 aliphatic rings. The predicted octanol–water partition coefficient (Wildman–Crippen LogP) is 1.61. The second-order valence-corrected chi connectivity index (χ2v) is 4.56. The second kappa shape index (κ2) is 5.61. The number of nitrogens with one attached hydrogen (secondary N) is 2. The first-order valence-electron chi connectivity index (χ1n) is 4.73. The Morgan fingerprint density at radius 1 is 1.47 bits per heavy atom. The number of piperidine rings is 1. The van der Waals surface area contributed by atoms with E-state index in [9.17, 15) is 13.2 Å². The smallest absolute Gasteiger partial charge is 0.300 e. The maximum absolute atomic E-state index is 12.4. The Hall–Kier alpha value is 0.350. The SMILES string of the molecule is FC(F)(F)C1CNC(NCCS)C(Cl)C1. The molecule has 1 fully saturated rings. The highest BCUT2D eigenvalue weighted by Crippen LogP contribution is 2.33. The Kier molecular flexibility index (Phi) is 5.02. The highest BCUT2D eigenvalue weighted by atomic mass is 35.5. The summed E-state index contributed by atoms with van der Waals surface area (Å²) in [6.45, 7) is 0.553. The Balaban J connectivity index is 2.41. The van der Waals surface area contributed by atoms with Gasteiger partial charge in [-0.3, -0.25) is 5.32 Å². The zero-order valence-corrected chi connectivity index (χ0v) is 9.67. The second-order valence-electron chi connectivity index (χ2n) is 3.55. The van der Waals surface area contributed by atoms with Crippen LogP contribution in [0.5, 0.6) is 0 Å². The molecule has 2 nitrogen and oxygen atoms in total. The van der Waals surface area contributed by atoms with E-state index >= 15 is 0 Å². The summed E-state index contributed by atoms with van der Waals surface area (Å²) >= 11 is 9.87. The summed E-state index contributed by atoms with van der Waals surface area (Å²) in [4.78, 5) is 0. The van der Waals surface area contributed by atoms with Crippen molar-refractivity contribution in [3.05, 3.63) is 0 Å². The van der Waals surface area contributed by atoms with Gasteiger partial charge in [-0.25, -0.2) is 0 Å². The van der Waals surface area contributed by atoms with Gasteiger partial charge in [-0.15, -0.1) is 11.6 Å². The van der Waals surface area contributed by atoms with Crippen molar-refractivity contribution in [1.29, 1.82) is 0 Å². The van der Waals surface area contributed by atoms with Crippen molar-refractivity contribution in [2.24, 2.45) is 5.92 Å². The first kappa shape index (κ1) is 13.4. The zero-order chi connectivity index (χ0) is 11.5. The Bertz CT molecular complexity index is 203. The molecule has 7 heteroatoms. The van der Waals surface area contributed by atoms with Crippen LogP contribution in [0.4, 0.5) is 13.2 Å². The zero-order valence-electron chi connectivity index (χ0n) is 8.02. The number of hydrogen-bond acceptors (Lipinski definition) is 3. The van der Waals surface area contributed by atoms with Crippen LogP contribution in [0.3, 0.4) is 0 Å². The van der Waals surface area contributed by atoms with E-state index in [1.54, 1.807) is 0 Å². The number of hydrogen-bond donors (Lipinski definition) is 3. The average Bonchev–Trinajstić information content (AvgIpc) is 2.14. The lowest BCUT2D eigenvalue weighted by atomic mass is 9.97. The summed E-state index contributed by atoms with van der Waals surface area (Å²) in [5, 5.41) is 5.23. The third kappa shape index (κ3) is 4.01. The molecule has 2 N–H and O–H groups in total. The molecular formula is C8H14ClF3N2S. The Morgan fingerprint density at radius 2 is 2.13 bits per heavy atom. The lowest BCUT2D eigenvalue weighted by molar-refractivity contribution is -0.179. The molecule has 90 valence electrons. The molecule has 0 aromatic heterocycles. The fraction of sp³-hybridized carbons (Fsp3) is 1.00. The largest absolute Gasteiger partial charge is 0.393 e. The summed E-state index contributed by atoms with van der Waals surface area (Å²) < 4.78 is 37.1. The van der Waals surface area contributed by atoms with Crippen LogP contribution in [0, 0.1) is 5.92 Å². The molecule has 1 heterocycles. The minimum Gasteiger partial charge on any atom is -0.300 e. The van der Waals surface area contributed by atoms with Crippen molar-refractivity contribution >= 4 is 24.2 Å². The van der Waals surface area contributed by atoms with E-state index in [1.807, 2.05) is 0 Å². The molecular weight excluding hydrogens is 249 g/mol. The normalized spacial score (nSPS) is 33.0. The highest BCUT2D eigenvalue weighted by molar-refractivity contribution is 7.80. The van der Waals surface area contributed by atoms with Gasteiger partial charge in [0, 0.05) is 18.8 Å². The van der Waals surface area contributed by atoms with Gasteiger partial charge in [-0.1, -0.05) is 0 Å². The summed E-state index contributed by atoms with van der Waals surface area (Å²) in [5.74, 6) is -0.709. The molecule has 0 radical (unpaired) electrons. The molecule has 0 spiro atoms. The van der Waals surface area contributed by atoms with Gasteiger partial charge in [0.15, 0.2) is 0 Å². The van der Waals surface area contributed by atoms with Crippen LogP contribution in [0.1, 0.15) is 6.42 Å². The third-order valence-electron chi connectivity index (χ3n) is 2.39. The van der Waals surface area contributed by atoms with E-state index in [0.29, 0.717) is 12.3 Å². The van der Waals surface area contributed by atoms with Crippen molar-refractivity contribution in [3.63, 3.8) is 0 Å². The van der Waals surface area contributed by atoms with Crippen LogP contribution < -0.4 is 10.6 Å². The molecule has 3 atom stereocenters. The Labute approximate surface area is 97.3 Å². The molecule has 0 amide bonds. The van der Waals surface area contributed by atoms with Crippen LogP contribution in [0.25, 0.3) is 0 Å². The summed E-state index contributed by atoms with van der Waals surface area (Å²) in [6, 6.07) is 0. The lowest BCUT2D eigenvalue weighted by Gasteiger charge is -2.35. The number of rotatable bonds is 3. The summed E-state index contributed by atoms with van der Waals surface area (Å²) in [6.07, 6.45) is -4.45. The first-order valence-corrected chi connectivity index (χ1v) is 5.80. The predicted molar refractivity (Wildman–Crippen MR) is 57.4 cm³/mol. The van der Waals surface area contributed by atoms with Crippen molar-refractivity contribution in [3.8, 4) is 0 Å². The van der Waals surface area contributed by atoms with Crippen molar-refractivity contribution in [2.75, 3.05) is 18.8 Å². The van der Waals surface area contributed by atoms with Gasteiger partial charge in [0.1, 0.15) is 0 Å². The minimum absolute atomic E-state index is 0.0394. The standard InChI is InChI=1S/C8H14ClF3N2S/c9-6-3-5(8(10,11)12)4-14-7(6)13-1-2-15/h5-7,13-15H,1-4H2. The number of halogens is 4. The first-order chi connectivity index (χ1) is 6.95. The molecule has 0 aromatic rings. The van der Waals surface area contributed by atoms with Crippen molar-refractivity contribution < 1.29 is 13.2 Å². The minimum atomic E-state index is -4.16. The van der Waals surface area contributed by atoms with Crippen molar-refractivity contribution in [1.82, 2.24) is 10.6 Å². The van der Waals surface area contributed by atoms with E-state index in [0.717, 1.165) is 0 Å². The van der Waals surface area contributed by atoms with Gasteiger partial charge in [-0.2, -0.15) is 25.8 Å². The fourth-order valence-corrected chi connectivity index (χ4v) is 2.08. The summed E-state index contributed by atoms with van der Waals surface area (Å²) in [7, 11) is 0. The van der Waals surface area contributed by atoms with E-state index in [4.69, 9.17) is 11.6 Å². The average molecular weight is 263 g/mol. The number of thiol groups is 1. The van der Waals surface area contributed by atoms with Crippen LogP contribution in [-0.4, -0.2) is 36.6 Å². The molecule has 0 saturated carbocycles. The Morgan fingerprint density at radius 3 is 2.60 bits per heavy atom. The quantitative estimate of drug-likeness (QED) is 0.532. The number of alkyl halides is 4. The van der Waals surface area contributed by atoms with Crippen molar-refractivity contribution in [2.45, 2.75) is 24.1 Å². The molecule has 0 bridgehead atoms. The van der Waals surface area contributed by atoms with Gasteiger partial charge in [0.05, 0.1) is 17.5 Å². The lowest BCUT2D eigenvalue weighted by Crippen LogP contribution is -2.57. The maximum Gasteiger partial charge on any atom is 0.393 e. The van der Waals surface area contributed by atoms with Gasteiger partial charge in [0.2, 0.25) is 0 Å². The fourth-order valence-electron chi connectivity index (χ4n) is 1.56. The van der Waals surface area contributed by atoms with E-state index < -0.39 is 17.5 Å². The topological polar surface area (TPSA) is 24.1 Å². The van der Waals surface area contributed by atoms with Crippen LogP contribution in [0.2, 0.25) is 0 Å².